The minimum Gasteiger partial charge on any atom is -0.340 e. The summed E-state index contributed by atoms with van der Waals surface area (Å²) in [6.07, 6.45) is 7.75. The third-order valence-corrected chi connectivity index (χ3v) is 4.63. The smallest absolute Gasteiger partial charge is 0.262 e. The number of hydrogen-bond donors (Lipinski definition) is 2. The van der Waals surface area contributed by atoms with E-state index in [0.29, 0.717) is 11.3 Å². The van der Waals surface area contributed by atoms with Crippen LogP contribution in [0.15, 0.2) is 24.1 Å². The van der Waals surface area contributed by atoms with Crippen molar-refractivity contribution in [2.24, 2.45) is 0 Å². The Bertz CT molecular complexity index is 661. The molecule has 2 N–H and O–H groups in total. The number of piperidine rings is 1. The van der Waals surface area contributed by atoms with Gasteiger partial charge in [-0.3, -0.25) is 19.7 Å². The van der Waals surface area contributed by atoms with Crippen LogP contribution in [0.2, 0.25) is 0 Å². The van der Waals surface area contributed by atoms with Crippen molar-refractivity contribution in [2.75, 3.05) is 0 Å². The number of allylic oxidation sites excluding steroid dienone is 2. The van der Waals surface area contributed by atoms with Crippen molar-refractivity contribution in [1.82, 2.24) is 10.6 Å². The maximum atomic E-state index is 12.5. The summed E-state index contributed by atoms with van der Waals surface area (Å²) in [7, 11) is 0. The van der Waals surface area contributed by atoms with Gasteiger partial charge in [-0.15, -0.1) is 11.3 Å². The Morgan fingerprint density at radius 1 is 1.52 bits per heavy atom. The van der Waals surface area contributed by atoms with E-state index in [1.807, 2.05) is 17.5 Å². The molecule has 0 aromatic carbocycles. The van der Waals surface area contributed by atoms with Gasteiger partial charge in [-0.2, -0.15) is 0 Å². The first-order valence-electron chi connectivity index (χ1n) is 7.60. The van der Waals surface area contributed by atoms with Crippen molar-refractivity contribution < 1.29 is 14.4 Å². The van der Waals surface area contributed by atoms with Crippen LogP contribution in [-0.4, -0.2) is 23.8 Å². The van der Waals surface area contributed by atoms with E-state index in [4.69, 9.17) is 0 Å². The van der Waals surface area contributed by atoms with Gasteiger partial charge in [-0.25, -0.2) is 0 Å². The summed E-state index contributed by atoms with van der Waals surface area (Å²) in [5.74, 6) is -0.985. The molecule has 1 unspecified atom stereocenters. The van der Waals surface area contributed by atoms with E-state index < -0.39 is 11.9 Å². The molecular formula is C17H20N2O3S. The zero-order valence-electron chi connectivity index (χ0n) is 13.1. The monoisotopic (exact) mass is 332 g/mol. The molecule has 0 spiro atoms. The molecule has 1 fully saturated rings. The highest BCUT2D eigenvalue weighted by Gasteiger charge is 2.29. The minimum atomic E-state index is -0.649. The van der Waals surface area contributed by atoms with E-state index in [1.165, 1.54) is 11.3 Å². The van der Waals surface area contributed by atoms with Gasteiger partial charge in [0, 0.05) is 6.42 Å². The quantitative estimate of drug-likeness (QED) is 0.620. The number of thiophene rings is 1. The lowest BCUT2D eigenvalue weighted by atomic mass is 10.0. The normalized spacial score (nSPS) is 18.0. The molecule has 0 aliphatic carbocycles. The Balaban J connectivity index is 2.17. The van der Waals surface area contributed by atoms with Crippen LogP contribution in [0.4, 0.5) is 0 Å². The second-order valence-corrected chi connectivity index (χ2v) is 6.20. The predicted molar refractivity (Wildman–Crippen MR) is 91.2 cm³/mol. The molecule has 0 radical (unpaired) electrons. The van der Waals surface area contributed by atoms with Gasteiger partial charge in [-0.1, -0.05) is 38.2 Å². The highest BCUT2D eigenvalue weighted by Crippen LogP contribution is 2.26. The average molecular weight is 332 g/mol. The molecule has 23 heavy (non-hydrogen) atoms. The Kier molecular flexibility index (Phi) is 5.87. The predicted octanol–water partition coefficient (Wildman–Crippen LogP) is 2.43. The second-order valence-electron chi connectivity index (χ2n) is 5.32. The molecule has 1 saturated heterocycles. The van der Waals surface area contributed by atoms with Crippen LogP contribution >= 0.6 is 11.3 Å². The maximum absolute atomic E-state index is 12.5. The van der Waals surface area contributed by atoms with Crippen LogP contribution in [0.1, 0.15) is 47.0 Å². The van der Waals surface area contributed by atoms with E-state index >= 15 is 0 Å². The van der Waals surface area contributed by atoms with E-state index in [9.17, 15) is 14.4 Å². The number of carbonyl (C=O) groups excluding carboxylic acids is 3. The highest BCUT2D eigenvalue weighted by molar-refractivity contribution is 7.12. The number of carbonyl (C=O) groups is 3. The van der Waals surface area contributed by atoms with Crippen molar-refractivity contribution in [1.29, 1.82) is 0 Å². The second kappa shape index (κ2) is 7.87. The first-order valence-corrected chi connectivity index (χ1v) is 8.48. The van der Waals surface area contributed by atoms with Crippen LogP contribution in [0.3, 0.4) is 0 Å². The van der Waals surface area contributed by atoms with E-state index in [0.717, 1.165) is 24.0 Å². The largest absolute Gasteiger partial charge is 0.340 e. The summed E-state index contributed by atoms with van der Waals surface area (Å²) in [6, 6.07) is -0.649. The van der Waals surface area contributed by atoms with Crippen LogP contribution in [-0.2, 0) is 16.0 Å². The molecule has 122 valence electrons. The number of rotatable bonds is 6. The summed E-state index contributed by atoms with van der Waals surface area (Å²) in [5, 5.41) is 6.92. The summed E-state index contributed by atoms with van der Waals surface area (Å²) < 4.78 is 0. The molecule has 3 amide bonds. The lowest BCUT2D eigenvalue weighted by Gasteiger charge is -2.21. The molecule has 1 aromatic rings. The first kappa shape index (κ1) is 17.1. The fraction of sp³-hybridized carbons (Fsp3) is 0.353. The van der Waals surface area contributed by atoms with Crippen molar-refractivity contribution in [2.45, 2.75) is 38.6 Å². The standard InChI is InChI=1S/C17H20N2O3S/c1-3-5-7-11-10-23-15(12(11)6-4-2)17(22)18-13-8-9-14(20)19-16(13)21/h3,5,7,10,13H,1,4,6,8-9H2,2H3,(H,18,22)(H,19,20,21)/b7-5-. The molecule has 1 aliphatic heterocycles. The zero-order valence-corrected chi connectivity index (χ0v) is 13.9. The van der Waals surface area contributed by atoms with Gasteiger partial charge >= 0.3 is 0 Å². The molecule has 1 aliphatic rings. The number of hydrogen-bond acceptors (Lipinski definition) is 4. The van der Waals surface area contributed by atoms with Gasteiger partial charge in [0.15, 0.2) is 0 Å². The van der Waals surface area contributed by atoms with Gasteiger partial charge in [0.25, 0.3) is 5.91 Å². The molecule has 0 saturated carbocycles. The summed E-state index contributed by atoms with van der Waals surface area (Å²) in [6.45, 7) is 5.71. The Morgan fingerprint density at radius 2 is 2.30 bits per heavy atom. The SMILES string of the molecule is C=C/C=C\c1csc(C(=O)NC2CCC(=O)NC2=O)c1CCC. The number of amides is 3. The average Bonchev–Trinajstić information content (AvgIpc) is 2.91. The van der Waals surface area contributed by atoms with Crippen LogP contribution in [0.5, 0.6) is 0 Å². The van der Waals surface area contributed by atoms with E-state index in [-0.39, 0.29) is 18.2 Å². The van der Waals surface area contributed by atoms with Gasteiger partial charge in [0.05, 0.1) is 4.88 Å². The van der Waals surface area contributed by atoms with E-state index in [1.54, 1.807) is 6.08 Å². The van der Waals surface area contributed by atoms with Crippen molar-refractivity contribution in [3.8, 4) is 0 Å². The molecular weight excluding hydrogens is 312 g/mol. The lowest BCUT2D eigenvalue weighted by molar-refractivity contribution is -0.134. The fourth-order valence-corrected chi connectivity index (χ4v) is 3.45. The zero-order chi connectivity index (χ0) is 16.8. The van der Waals surface area contributed by atoms with Gasteiger partial charge in [-0.05, 0) is 29.3 Å². The lowest BCUT2D eigenvalue weighted by Crippen LogP contribution is -2.52. The summed E-state index contributed by atoms with van der Waals surface area (Å²) in [4.78, 5) is 36.1. The highest BCUT2D eigenvalue weighted by atomic mass is 32.1. The third-order valence-electron chi connectivity index (χ3n) is 3.59. The Hall–Kier alpha value is -2.21. The summed E-state index contributed by atoms with van der Waals surface area (Å²) >= 11 is 1.37. The number of imide groups is 1. The van der Waals surface area contributed by atoms with Gasteiger partial charge in [0.1, 0.15) is 6.04 Å². The molecule has 2 heterocycles. The minimum absolute atomic E-state index is 0.246. The summed E-state index contributed by atoms with van der Waals surface area (Å²) in [5.41, 5.74) is 1.99. The fourth-order valence-electron chi connectivity index (χ4n) is 2.46. The molecule has 0 bridgehead atoms. The Labute approximate surface area is 139 Å². The number of nitrogens with one attached hydrogen (secondary N) is 2. The van der Waals surface area contributed by atoms with Crippen molar-refractivity contribution >= 4 is 35.1 Å². The van der Waals surface area contributed by atoms with Gasteiger partial charge in [0.2, 0.25) is 11.8 Å². The molecule has 1 atom stereocenters. The van der Waals surface area contributed by atoms with Crippen molar-refractivity contribution in [3.63, 3.8) is 0 Å². The third kappa shape index (κ3) is 4.16. The van der Waals surface area contributed by atoms with Crippen LogP contribution < -0.4 is 10.6 Å². The van der Waals surface area contributed by atoms with Gasteiger partial charge < -0.3 is 5.32 Å². The molecule has 6 heteroatoms. The van der Waals surface area contributed by atoms with Crippen LogP contribution in [0, 0.1) is 0 Å². The van der Waals surface area contributed by atoms with Crippen molar-refractivity contribution in [3.05, 3.63) is 40.1 Å². The Morgan fingerprint density at radius 3 is 2.96 bits per heavy atom. The van der Waals surface area contributed by atoms with E-state index in [2.05, 4.69) is 24.1 Å². The maximum Gasteiger partial charge on any atom is 0.262 e. The molecule has 1 aromatic heterocycles. The van der Waals surface area contributed by atoms with Crippen LogP contribution in [0.25, 0.3) is 6.08 Å². The first-order chi connectivity index (χ1) is 11.1. The molecule has 5 nitrogen and oxygen atoms in total. The molecule has 2 rings (SSSR count). The topological polar surface area (TPSA) is 75.3 Å².